The van der Waals surface area contributed by atoms with E-state index in [2.05, 4.69) is 20.2 Å². The van der Waals surface area contributed by atoms with Gasteiger partial charge in [-0.25, -0.2) is 13.8 Å². The molecule has 1 N–H and O–H groups in total. The highest BCUT2D eigenvalue weighted by Gasteiger charge is 2.20. The third-order valence-electron chi connectivity index (χ3n) is 4.07. The summed E-state index contributed by atoms with van der Waals surface area (Å²) >= 11 is 0. The smallest absolute Gasteiger partial charge is 0.229 e. The van der Waals surface area contributed by atoms with Crippen molar-refractivity contribution < 1.29 is 13.6 Å². The zero-order chi connectivity index (χ0) is 18.0. The molecular weight excluding hydrogens is 328 g/mol. The molecular formula is C17H19F2N5O. The molecule has 3 rings (SSSR count). The summed E-state index contributed by atoms with van der Waals surface area (Å²) in [5.74, 6) is -0.715. The number of carbonyl (C=O) groups is 1. The second kappa shape index (κ2) is 7.00. The maximum Gasteiger partial charge on any atom is 0.229 e. The molecule has 1 aromatic carbocycles. The van der Waals surface area contributed by atoms with E-state index in [1.807, 2.05) is 13.0 Å². The molecule has 2 heterocycles. The van der Waals surface area contributed by atoms with Crippen LogP contribution in [0.15, 0.2) is 24.3 Å². The first kappa shape index (κ1) is 17.1. The van der Waals surface area contributed by atoms with Crippen LogP contribution >= 0.6 is 0 Å². The Kier molecular flexibility index (Phi) is 4.78. The Morgan fingerprint density at radius 1 is 1.08 bits per heavy atom. The van der Waals surface area contributed by atoms with Gasteiger partial charge < -0.3 is 15.1 Å². The molecule has 2 aromatic rings. The maximum atomic E-state index is 13.3. The van der Waals surface area contributed by atoms with Crippen molar-refractivity contribution >= 4 is 23.4 Å². The van der Waals surface area contributed by atoms with E-state index in [4.69, 9.17) is 0 Å². The summed E-state index contributed by atoms with van der Waals surface area (Å²) in [6.45, 7) is 6.05. The molecule has 1 amide bonds. The number of nitrogens with zero attached hydrogens (tertiary/aromatic N) is 4. The van der Waals surface area contributed by atoms with E-state index in [0.717, 1.165) is 23.6 Å². The van der Waals surface area contributed by atoms with Crippen LogP contribution in [0.5, 0.6) is 0 Å². The quantitative estimate of drug-likeness (QED) is 0.924. The molecule has 8 heteroatoms. The Morgan fingerprint density at radius 2 is 1.80 bits per heavy atom. The molecule has 1 fully saturated rings. The molecule has 0 atom stereocenters. The van der Waals surface area contributed by atoms with Crippen LogP contribution in [0.3, 0.4) is 0 Å². The van der Waals surface area contributed by atoms with Crippen molar-refractivity contribution in [2.75, 3.05) is 36.4 Å². The van der Waals surface area contributed by atoms with Crippen LogP contribution < -0.4 is 10.2 Å². The summed E-state index contributed by atoms with van der Waals surface area (Å²) in [7, 11) is 0. The van der Waals surface area contributed by atoms with E-state index in [1.54, 1.807) is 11.8 Å². The van der Waals surface area contributed by atoms with Crippen LogP contribution in [0.1, 0.15) is 12.6 Å². The highest BCUT2D eigenvalue weighted by Crippen LogP contribution is 2.21. The number of amides is 1. The highest BCUT2D eigenvalue weighted by molar-refractivity contribution is 5.73. The number of rotatable bonds is 3. The fourth-order valence-electron chi connectivity index (χ4n) is 2.72. The second-order valence-electron chi connectivity index (χ2n) is 5.94. The number of carbonyl (C=O) groups excluding carboxylic acids is 1. The molecule has 1 aromatic heterocycles. The summed E-state index contributed by atoms with van der Waals surface area (Å²) in [6, 6.07) is 5.40. The second-order valence-corrected chi connectivity index (χ2v) is 5.94. The van der Waals surface area contributed by atoms with E-state index in [0.29, 0.717) is 37.8 Å². The number of hydrogen-bond acceptors (Lipinski definition) is 5. The predicted octanol–water partition coefficient (Wildman–Crippen LogP) is 2.48. The molecule has 0 aliphatic carbocycles. The van der Waals surface area contributed by atoms with Gasteiger partial charge in [-0.15, -0.1) is 0 Å². The van der Waals surface area contributed by atoms with E-state index < -0.39 is 11.6 Å². The predicted molar refractivity (Wildman–Crippen MR) is 90.9 cm³/mol. The van der Waals surface area contributed by atoms with Gasteiger partial charge in [-0.1, -0.05) is 0 Å². The number of hydrogen-bond donors (Lipinski definition) is 1. The fourth-order valence-corrected chi connectivity index (χ4v) is 2.72. The zero-order valence-electron chi connectivity index (χ0n) is 14.1. The number of anilines is 3. The lowest BCUT2D eigenvalue weighted by Gasteiger charge is -2.35. The van der Waals surface area contributed by atoms with Crippen LogP contribution in [-0.2, 0) is 4.79 Å². The monoisotopic (exact) mass is 347 g/mol. The molecule has 1 aliphatic rings. The molecule has 0 bridgehead atoms. The summed E-state index contributed by atoms with van der Waals surface area (Å²) in [5, 5.41) is 2.90. The minimum absolute atomic E-state index is 0.0687. The number of nitrogens with one attached hydrogen (secondary N) is 1. The molecule has 132 valence electrons. The number of aromatic nitrogens is 2. The van der Waals surface area contributed by atoms with Crippen LogP contribution in [0.2, 0.25) is 0 Å². The molecule has 1 saturated heterocycles. The van der Waals surface area contributed by atoms with Crippen LogP contribution in [0, 0.1) is 18.6 Å². The van der Waals surface area contributed by atoms with Crippen molar-refractivity contribution in [1.82, 2.24) is 14.9 Å². The Hall–Kier alpha value is -2.77. The van der Waals surface area contributed by atoms with Gasteiger partial charge >= 0.3 is 0 Å². The number of benzene rings is 1. The van der Waals surface area contributed by atoms with Crippen LogP contribution in [0.4, 0.5) is 26.2 Å². The van der Waals surface area contributed by atoms with Crippen molar-refractivity contribution in [2.24, 2.45) is 0 Å². The fraction of sp³-hybridized carbons (Fsp3) is 0.353. The van der Waals surface area contributed by atoms with Crippen molar-refractivity contribution in [3.8, 4) is 0 Å². The van der Waals surface area contributed by atoms with E-state index >= 15 is 0 Å². The van der Waals surface area contributed by atoms with Gasteiger partial charge in [0.15, 0.2) is 11.6 Å². The van der Waals surface area contributed by atoms with Gasteiger partial charge in [0.25, 0.3) is 0 Å². The normalized spacial score (nSPS) is 14.6. The first-order valence-electron chi connectivity index (χ1n) is 8.00. The molecule has 0 unspecified atom stereocenters. The van der Waals surface area contributed by atoms with Crippen molar-refractivity contribution in [3.63, 3.8) is 0 Å². The summed E-state index contributed by atoms with van der Waals surface area (Å²) in [5.41, 5.74) is 1.13. The average Bonchev–Trinajstić information content (AvgIpc) is 2.58. The Balaban J connectivity index is 1.76. The van der Waals surface area contributed by atoms with Gasteiger partial charge in [-0.3, -0.25) is 4.79 Å². The molecule has 6 nitrogen and oxygen atoms in total. The zero-order valence-corrected chi connectivity index (χ0v) is 14.1. The summed E-state index contributed by atoms with van der Waals surface area (Å²) < 4.78 is 26.4. The van der Waals surface area contributed by atoms with Gasteiger partial charge in [-0.05, 0) is 19.1 Å². The third kappa shape index (κ3) is 4.01. The van der Waals surface area contributed by atoms with Crippen molar-refractivity contribution in [2.45, 2.75) is 13.8 Å². The first-order chi connectivity index (χ1) is 11.9. The topological polar surface area (TPSA) is 61.4 Å². The molecule has 1 aliphatic heterocycles. The Labute approximate surface area is 144 Å². The van der Waals surface area contributed by atoms with Crippen molar-refractivity contribution in [3.05, 3.63) is 41.6 Å². The Morgan fingerprint density at radius 3 is 2.44 bits per heavy atom. The lowest BCUT2D eigenvalue weighted by Crippen LogP contribution is -2.48. The molecule has 0 radical (unpaired) electrons. The van der Waals surface area contributed by atoms with Gasteiger partial charge in [0, 0.05) is 56.6 Å². The van der Waals surface area contributed by atoms with E-state index in [9.17, 15) is 13.6 Å². The molecule has 0 saturated carbocycles. The summed E-state index contributed by atoms with van der Waals surface area (Å²) in [6.07, 6.45) is 0. The van der Waals surface area contributed by atoms with Crippen LogP contribution in [0.25, 0.3) is 0 Å². The van der Waals surface area contributed by atoms with E-state index in [1.165, 1.54) is 6.07 Å². The number of aryl methyl sites for hydroxylation is 1. The third-order valence-corrected chi connectivity index (χ3v) is 4.07. The van der Waals surface area contributed by atoms with Gasteiger partial charge in [0.1, 0.15) is 5.82 Å². The van der Waals surface area contributed by atoms with Crippen LogP contribution in [-0.4, -0.2) is 47.0 Å². The minimum Gasteiger partial charge on any atom is -0.353 e. The number of halogens is 2. The molecule has 0 spiro atoms. The first-order valence-corrected chi connectivity index (χ1v) is 8.00. The molecule has 25 heavy (non-hydrogen) atoms. The lowest BCUT2D eigenvalue weighted by molar-refractivity contribution is -0.129. The highest BCUT2D eigenvalue weighted by atomic mass is 19.2. The maximum absolute atomic E-state index is 13.3. The lowest BCUT2D eigenvalue weighted by atomic mass is 10.3. The standard InChI is InChI=1S/C17H19F2N5O/c1-11-9-16(24-7-5-23(6-8-24)12(2)25)22-17(20-11)21-13-3-4-14(18)15(19)10-13/h3-4,9-10H,5-8H2,1-2H3,(H,20,21,22). The van der Waals surface area contributed by atoms with Crippen molar-refractivity contribution in [1.29, 1.82) is 0 Å². The minimum atomic E-state index is -0.932. The summed E-state index contributed by atoms with van der Waals surface area (Å²) in [4.78, 5) is 24.0. The SMILES string of the molecule is CC(=O)N1CCN(c2cc(C)nc(Nc3ccc(F)c(F)c3)n2)CC1. The average molecular weight is 347 g/mol. The number of piperazine rings is 1. The van der Waals surface area contributed by atoms with Gasteiger partial charge in [0.05, 0.1) is 0 Å². The van der Waals surface area contributed by atoms with E-state index in [-0.39, 0.29) is 5.91 Å². The van der Waals surface area contributed by atoms with Gasteiger partial charge in [-0.2, -0.15) is 4.98 Å². The largest absolute Gasteiger partial charge is 0.353 e. The Bertz CT molecular complexity index is 791. The van der Waals surface area contributed by atoms with Gasteiger partial charge in [0.2, 0.25) is 11.9 Å².